The summed E-state index contributed by atoms with van der Waals surface area (Å²) in [5.74, 6) is -0.322. The molecule has 0 aliphatic rings. The van der Waals surface area contributed by atoms with E-state index in [4.69, 9.17) is 10.5 Å². The third kappa shape index (κ3) is 3.22. The fourth-order valence-electron chi connectivity index (χ4n) is 2.52. The van der Waals surface area contributed by atoms with Gasteiger partial charge in [-0.15, -0.1) is 11.3 Å². The van der Waals surface area contributed by atoms with Crippen molar-refractivity contribution in [3.05, 3.63) is 40.3 Å². The van der Waals surface area contributed by atoms with E-state index in [-0.39, 0.29) is 23.8 Å². The molecular weight excluding hydrogens is 367 g/mol. The van der Waals surface area contributed by atoms with E-state index in [2.05, 4.69) is 9.97 Å². The summed E-state index contributed by atoms with van der Waals surface area (Å²) in [7, 11) is 0. The van der Waals surface area contributed by atoms with Gasteiger partial charge in [-0.1, -0.05) is 12.1 Å². The Kier molecular flexibility index (Phi) is 4.57. The summed E-state index contributed by atoms with van der Waals surface area (Å²) in [6.45, 7) is 3.62. The number of hydrogen-bond acceptors (Lipinski definition) is 6. The summed E-state index contributed by atoms with van der Waals surface area (Å²) in [6, 6.07) is 4.70. The van der Waals surface area contributed by atoms with Crippen LogP contribution >= 0.6 is 11.3 Å². The first-order valence-corrected chi connectivity index (χ1v) is 8.45. The molecule has 0 atom stereocenters. The number of benzene rings is 1. The zero-order valence-electron chi connectivity index (χ0n) is 13.8. The summed E-state index contributed by atoms with van der Waals surface area (Å²) in [6.07, 6.45) is -4.47. The van der Waals surface area contributed by atoms with Crippen LogP contribution in [0.5, 0.6) is 0 Å². The van der Waals surface area contributed by atoms with E-state index in [0.717, 1.165) is 23.5 Å². The molecule has 0 amide bonds. The molecule has 0 aliphatic heterocycles. The molecule has 0 radical (unpaired) electrons. The van der Waals surface area contributed by atoms with Crippen LogP contribution in [-0.2, 0) is 10.9 Å². The number of halogens is 3. The number of esters is 1. The van der Waals surface area contributed by atoms with Gasteiger partial charge in [0.15, 0.2) is 5.82 Å². The number of anilines is 1. The molecule has 2 heterocycles. The van der Waals surface area contributed by atoms with Gasteiger partial charge in [0.1, 0.15) is 15.5 Å². The summed E-state index contributed by atoms with van der Waals surface area (Å²) in [4.78, 5) is 21.2. The van der Waals surface area contributed by atoms with E-state index in [9.17, 15) is 18.0 Å². The number of aromatic nitrogens is 2. The zero-order chi connectivity index (χ0) is 19.1. The third-order valence-corrected chi connectivity index (χ3v) is 4.89. The lowest BCUT2D eigenvalue weighted by Crippen LogP contribution is -2.05. The topological polar surface area (TPSA) is 78.1 Å². The van der Waals surface area contributed by atoms with Crippen LogP contribution in [0.25, 0.3) is 21.6 Å². The molecule has 0 fully saturated rings. The number of carbonyl (C=O) groups is 1. The highest BCUT2D eigenvalue weighted by Crippen LogP contribution is 2.36. The Morgan fingerprint density at radius 2 is 2.04 bits per heavy atom. The molecule has 9 heteroatoms. The quantitative estimate of drug-likeness (QED) is 0.679. The number of nitrogen functional groups attached to an aromatic ring is 1. The van der Waals surface area contributed by atoms with Crippen molar-refractivity contribution in [1.82, 2.24) is 9.97 Å². The van der Waals surface area contributed by atoms with Crippen molar-refractivity contribution < 1.29 is 22.7 Å². The van der Waals surface area contributed by atoms with Crippen molar-refractivity contribution in [2.24, 2.45) is 0 Å². The molecule has 5 nitrogen and oxygen atoms in total. The first-order chi connectivity index (χ1) is 12.2. The van der Waals surface area contributed by atoms with Crippen LogP contribution in [-0.4, -0.2) is 22.5 Å². The molecule has 0 bridgehead atoms. The van der Waals surface area contributed by atoms with Gasteiger partial charge in [0.25, 0.3) is 0 Å². The second-order valence-corrected chi connectivity index (χ2v) is 6.47. The van der Waals surface area contributed by atoms with Crippen molar-refractivity contribution in [3.8, 4) is 11.4 Å². The van der Waals surface area contributed by atoms with Crippen LogP contribution in [0.4, 0.5) is 19.0 Å². The van der Waals surface area contributed by atoms with Gasteiger partial charge in [0.05, 0.1) is 17.6 Å². The molecule has 2 N–H and O–H groups in total. The minimum atomic E-state index is -4.47. The number of thiophene rings is 1. The van der Waals surface area contributed by atoms with Gasteiger partial charge < -0.3 is 10.5 Å². The van der Waals surface area contributed by atoms with Crippen molar-refractivity contribution >= 4 is 33.3 Å². The summed E-state index contributed by atoms with van der Waals surface area (Å²) in [5.41, 5.74) is 5.97. The Hall–Kier alpha value is -2.68. The first kappa shape index (κ1) is 18.1. The minimum absolute atomic E-state index is 0.0674. The van der Waals surface area contributed by atoms with Crippen molar-refractivity contribution in [1.29, 1.82) is 0 Å². The summed E-state index contributed by atoms with van der Waals surface area (Å²) >= 11 is 1.08. The monoisotopic (exact) mass is 381 g/mol. The molecule has 26 heavy (non-hydrogen) atoms. The van der Waals surface area contributed by atoms with Gasteiger partial charge >= 0.3 is 12.1 Å². The molecule has 3 aromatic rings. The van der Waals surface area contributed by atoms with Crippen LogP contribution in [0.1, 0.15) is 27.7 Å². The number of alkyl halides is 3. The van der Waals surface area contributed by atoms with E-state index < -0.39 is 17.7 Å². The van der Waals surface area contributed by atoms with Crippen molar-refractivity contribution in [2.45, 2.75) is 20.0 Å². The van der Waals surface area contributed by atoms with Gasteiger partial charge in [-0.2, -0.15) is 13.2 Å². The lowest BCUT2D eigenvalue weighted by atomic mass is 10.1. The maximum Gasteiger partial charge on any atom is 0.416 e. The Balaban J connectivity index is 2.14. The number of nitrogens with zero attached hydrogens (tertiary/aromatic N) is 2. The molecule has 2 aromatic heterocycles. The minimum Gasteiger partial charge on any atom is -0.462 e. The maximum atomic E-state index is 12.9. The molecule has 136 valence electrons. The summed E-state index contributed by atoms with van der Waals surface area (Å²) < 4.78 is 43.8. The zero-order valence-corrected chi connectivity index (χ0v) is 14.7. The highest BCUT2D eigenvalue weighted by molar-refractivity contribution is 7.20. The SMILES string of the molecule is CCOC(=O)c1sc2nc(-c3cccc(C(F)(F)F)c3)nc(N)c2c1C. The van der Waals surface area contributed by atoms with Crippen molar-refractivity contribution in [3.63, 3.8) is 0 Å². The molecule has 0 unspecified atom stereocenters. The van der Waals surface area contributed by atoms with Crippen LogP contribution in [0.15, 0.2) is 24.3 Å². The van der Waals surface area contributed by atoms with E-state index in [0.29, 0.717) is 20.7 Å². The molecular formula is C17H14F3N3O2S. The average Bonchev–Trinajstić information content (AvgIpc) is 2.92. The van der Waals surface area contributed by atoms with Crippen LogP contribution in [0.2, 0.25) is 0 Å². The fraction of sp³-hybridized carbons (Fsp3) is 0.235. The number of nitrogens with two attached hydrogens (primary N) is 1. The van der Waals surface area contributed by atoms with Crippen LogP contribution < -0.4 is 5.73 Å². The Morgan fingerprint density at radius 3 is 2.69 bits per heavy atom. The van der Waals surface area contributed by atoms with Gasteiger partial charge in [0, 0.05) is 5.56 Å². The molecule has 0 saturated heterocycles. The Labute approximate surface area is 150 Å². The highest BCUT2D eigenvalue weighted by Gasteiger charge is 2.30. The van der Waals surface area contributed by atoms with Gasteiger partial charge in [-0.25, -0.2) is 14.8 Å². The fourth-order valence-corrected chi connectivity index (χ4v) is 3.61. The number of ether oxygens (including phenoxy) is 1. The Morgan fingerprint density at radius 1 is 1.31 bits per heavy atom. The highest BCUT2D eigenvalue weighted by atomic mass is 32.1. The number of carbonyl (C=O) groups excluding carboxylic acids is 1. The maximum absolute atomic E-state index is 12.9. The van der Waals surface area contributed by atoms with Gasteiger partial charge in [-0.3, -0.25) is 0 Å². The number of fused-ring (bicyclic) bond motifs is 1. The normalized spacial score (nSPS) is 11.7. The second kappa shape index (κ2) is 6.56. The van der Waals surface area contributed by atoms with Crippen LogP contribution in [0.3, 0.4) is 0 Å². The van der Waals surface area contributed by atoms with Gasteiger partial charge in [0.2, 0.25) is 0 Å². The van der Waals surface area contributed by atoms with Crippen LogP contribution in [0, 0.1) is 6.92 Å². The first-order valence-electron chi connectivity index (χ1n) is 7.63. The summed E-state index contributed by atoms with van der Waals surface area (Å²) in [5, 5.41) is 0.508. The predicted octanol–water partition coefficient (Wildman–Crippen LogP) is 4.44. The van der Waals surface area contributed by atoms with Gasteiger partial charge in [-0.05, 0) is 31.5 Å². The number of aryl methyl sites for hydroxylation is 1. The van der Waals surface area contributed by atoms with Crippen molar-refractivity contribution in [2.75, 3.05) is 12.3 Å². The van der Waals surface area contributed by atoms with E-state index in [1.165, 1.54) is 12.1 Å². The van der Waals surface area contributed by atoms with E-state index >= 15 is 0 Å². The molecule has 0 spiro atoms. The standard InChI is InChI=1S/C17H14F3N3O2S/c1-3-25-16(24)12-8(2)11-13(21)22-14(23-15(11)26-12)9-5-4-6-10(7-9)17(18,19)20/h4-7H,3H2,1-2H3,(H2,21,22,23). The molecule has 0 aliphatic carbocycles. The largest absolute Gasteiger partial charge is 0.462 e. The third-order valence-electron chi connectivity index (χ3n) is 3.73. The number of rotatable bonds is 3. The van der Waals surface area contributed by atoms with E-state index in [1.807, 2.05) is 0 Å². The lowest BCUT2D eigenvalue weighted by molar-refractivity contribution is -0.137. The number of hydrogen-bond donors (Lipinski definition) is 1. The smallest absolute Gasteiger partial charge is 0.416 e. The van der Waals surface area contributed by atoms with E-state index in [1.54, 1.807) is 13.8 Å². The average molecular weight is 381 g/mol. The Bertz CT molecular complexity index is 999. The molecule has 3 rings (SSSR count). The molecule has 0 saturated carbocycles. The predicted molar refractivity (Wildman–Crippen MR) is 93.0 cm³/mol. The second-order valence-electron chi connectivity index (χ2n) is 5.47. The molecule has 1 aromatic carbocycles. The lowest BCUT2D eigenvalue weighted by Gasteiger charge is -2.08.